The van der Waals surface area contributed by atoms with Gasteiger partial charge in [-0.3, -0.25) is 4.79 Å². The minimum Gasteiger partial charge on any atom is -0.383 e. The molecule has 0 heterocycles. The van der Waals surface area contributed by atoms with Crippen LogP contribution in [0.1, 0.15) is 5.56 Å². The first-order chi connectivity index (χ1) is 9.10. The number of halogens is 2. The Morgan fingerprint density at radius 3 is 2.63 bits per heavy atom. The van der Waals surface area contributed by atoms with E-state index in [-0.39, 0.29) is 5.57 Å². The predicted molar refractivity (Wildman–Crippen MR) is 74.9 cm³/mol. The van der Waals surface area contributed by atoms with Crippen molar-refractivity contribution in [1.82, 2.24) is 5.32 Å². The molecule has 1 aromatic rings. The van der Waals surface area contributed by atoms with Crippen LogP contribution in [0.15, 0.2) is 23.8 Å². The number of carbonyl (C=O) groups excluding carboxylic acids is 1. The standard InChI is InChI=1S/C13H12Cl2N2O2/c1-19-6-5-17-13(18)9(8-16)7-10-11(14)3-2-4-12(10)15/h2-4,7H,5-6H2,1H3,(H,17,18)/b9-7-. The summed E-state index contributed by atoms with van der Waals surface area (Å²) in [6.07, 6.45) is 1.37. The van der Waals surface area contributed by atoms with Crippen LogP contribution in [0.4, 0.5) is 0 Å². The van der Waals surface area contributed by atoms with Crippen LogP contribution >= 0.6 is 23.2 Å². The molecule has 0 aliphatic heterocycles. The third kappa shape index (κ3) is 4.56. The molecule has 0 fully saturated rings. The van der Waals surface area contributed by atoms with Gasteiger partial charge in [-0.1, -0.05) is 29.3 Å². The van der Waals surface area contributed by atoms with E-state index in [4.69, 9.17) is 33.2 Å². The lowest BCUT2D eigenvalue weighted by Crippen LogP contribution is -2.27. The number of rotatable bonds is 5. The summed E-state index contributed by atoms with van der Waals surface area (Å²) in [5.41, 5.74) is 0.385. The minimum atomic E-state index is -0.490. The van der Waals surface area contributed by atoms with Crippen LogP contribution in [0.3, 0.4) is 0 Å². The molecular weight excluding hydrogens is 287 g/mol. The van der Waals surface area contributed by atoms with E-state index in [2.05, 4.69) is 5.32 Å². The van der Waals surface area contributed by atoms with Gasteiger partial charge >= 0.3 is 0 Å². The number of benzene rings is 1. The minimum absolute atomic E-state index is 0.0638. The maximum atomic E-state index is 11.7. The second kappa shape index (κ2) is 7.80. The van der Waals surface area contributed by atoms with E-state index < -0.39 is 5.91 Å². The second-order valence-corrected chi connectivity index (χ2v) is 4.37. The highest BCUT2D eigenvalue weighted by Crippen LogP contribution is 2.26. The van der Waals surface area contributed by atoms with E-state index in [9.17, 15) is 4.79 Å². The molecule has 19 heavy (non-hydrogen) atoms. The van der Waals surface area contributed by atoms with Gasteiger partial charge in [0.1, 0.15) is 11.6 Å². The highest BCUT2D eigenvalue weighted by molar-refractivity contribution is 6.37. The number of nitriles is 1. The van der Waals surface area contributed by atoms with Crippen molar-refractivity contribution >= 4 is 35.2 Å². The molecule has 0 aliphatic carbocycles. The molecule has 0 bridgehead atoms. The summed E-state index contributed by atoms with van der Waals surface area (Å²) in [7, 11) is 1.52. The molecule has 0 aromatic heterocycles. The van der Waals surface area contributed by atoms with E-state index in [1.165, 1.54) is 13.2 Å². The first kappa shape index (κ1) is 15.5. The predicted octanol–water partition coefficient (Wildman–Crippen LogP) is 2.66. The van der Waals surface area contributed by atoms with Crippen LogP contribution in [0.25, 0.3) is 6.08 Å². The summed E-state index contributed by atoms with van der Waals surface area (Å²) < 4.78 is 4.80. The Hall–Kier alpha value is -1.54. The molecule has 1 aromatic carbocycles. The van der Waals surface area contributed by atoms with E-state index >= 15 is 0 Å². The summed E-state index contributed by atoms with van der Waals surface area (Å²) in [5.74, 6) is -0.490. The molecule has 0 saturated carbocycles. The summed E-state index contributed by atoms with van der Waals surface area (Å²) in [4.78, 5) is 11.7. The first-order valence-electron chi connectivity index (χ1n) is 5.43. The summed E-state index contributed by atoms with van der Waals surface area (Å²) >= 11 is 11.9. The number of ether oxygens (including phenoxy) is 1. The molecular formula is C13H12Cl2N2O2. The van der Waals surface area contributed by atoms with Gasteiger partial charge in [0.15, 0.2) is 0 Å². The summed E-state index contributed by atoms with van der Waals surface area (Å²) in [6.45, 7) is 0.696. The Labute approximate surface area is 121 Å². The zero-order valence-electron chi connectivity index (χ0n) is 10.2. The molecule has 0 radical (unpaired) electrons. The molecule has 0 saturated heterocycles. The Morgan fingerprint density at radius 1 is 1.47 bits per heavy atom. The number of hydrogen-bond donors (Lipinski definition) is 1. The van der Waals surface area contributed by atoms with Gasteiger partial charge in [0.05, 0.1) is 6.61 Å². The van der Waals surface area contributed by atoms with E-state index in [1.54, 1.807) is 18.2 Å². The zero-order chi connectivity index (χ0) is 14.3. The lowest BCUT2D eigenvalue weighted by atomic mass is 10.1. The van der Waals surface area contributed by atoms with Crippen LogP contribution < -0.4 is 5.32 Å². The Kier molecular flexibility index (Phi) is 6.37. The molecule has 4 nitrogen and oxygen atoms in total. The number of methoxy groups -OCH3 is 1. The topological polar surface area (TPSA) is 62.1 Å². The van der Waals surface area contributed by atoms with Crippen LogP contribution in [-0.4, -0.2) is 26.2 Å². The van der Waals surface area contributed by atoms with Gasteiger partial charge in [-0.25, -0.2) is 0 Å². The van der Waals surface area contributed by atoms with Crippen molar-refractivity contribution < 1.29 is 9.53 Å². The third-order valence-corrected chi connectivity index (χ3v) is 2.90. The van der Waals surface area contributed by atoms with Gasteiger partial charge in [-0.15, -0.1) is 0 Å². The zero-order valence-corrected chi connectivity index (χ0v) is 11.8. The molecule has 0 atom stereocenters. The van der Waals surface area contributed by atoms with Crippen molar-refractivity contribution in [3.63, 3.8) is 0 Å². The van der Waals surface area contributed by atoms with E-state index in [1.807, 2.05) is 6.07 Å². The largest absolute Gasteiger partial charge is 0.383 e. The lowest BCUT2D eigenvalue weighted by Gasteiger charge is -2.05. The van der Waals surface area contributed by atoms with E-state index in [0.717, 1.165) is 0 Å². The van der Waals surface area contributed by atoms with Crippen LogP contribution in [0.2, 0.25) is 10.0 Å². The van der Waals surface area contributed by atoms with Crippen molar-refractivity contribution in [3.05, 3.63) is 39.4 Å². The maximum absolute atomic E-state index is 11.7. The molecule has 100 valence electrons. The average molecular weight is 299 g/mol. The quantitative estimate of drug-likeness (QED) is 0.516. The fourth-order valence-corrected chi connectivity index (χ4v) is 1.81. The van der Waals surface area contributed by atoms with Gasteiger partial charge in [-0.05, 0) is 18.2 Å². The second-order valence-electron chi connectivity index (χ2n) is 3.55. The van der Waals surface area contributed by atoms with Gasteiger partial charge in [0.25, 0.3) is 5.91 Å². The molecule has 1 rings (SSSR count). The number of nitrogens with one attached hydrogen (secondary N) is 1. The molecule has 1 amide bonds. The lowest BCUT2D eigenvalue weighted by molar-refractivity contribution is -0.117. The first-order valence-corrected chi connectivity index (χ1v) is 6.18. The molecule has 0 spiro atoms. The van der Waals surface area contributed by atoms with Gasteiger partial charge in [0, 0.05) is 29.3 Å². The van der Waals surface area contributed by atoms with Crippen LogP contribution in [-0.2, 0) is 9.53 Å². The van der Waals surface area contributed by atoms with Gasteiger partial charge < -0.3 is 10.1 Å². The fraction of sp³-hybridized carbons (Fsp3) is 0.231. The van der Waals surface area contributed by atoms with Gasteiger partial charge in [-0.2, -0.15) is 5.26 Å². The summed E-state index contributed by atoms with van der Waals surface area (Å²) in [6, 6.07) is 6.78. The Balaban J connectivity index is 2.94. The van der Waals surface area contributed by atoms with Crippen molar-refractivity contribution in [3.8, 4) is 6.07 Å². The highest BCUT2D eigenvalue weighted by Gasteiger charge is 2.11. The Morgan fingerprint density at radius 2 is 2.11 bits per heavy atom. The molecule has 0 aliphatic rings. The van der Waals surface area contributed by atoms with Crippen molar-refractivity contribution in [1.29, 1.82) is 5.26 Å². The maximum Gasteiger partial charge on any atom is 0.262 e. The van der Waals surface area contributed by atoms with Crippen LogP contribution in [0.5, 0.6) is 0 Å². The highest BCUT2D eigenvalue weighted by atomic mass is 35.5. The van der Waals surface area contributed by atoms with Crippen molar-refractivity contribution in [2.45, 2.75) is 0 Å². The normalized spacial score (nSPS) is 10.9. The van der Waals surface area contributed by atoms with Crippen LogP contribution in [0, 0.1) is 11.3 Å². The number of nitrogens with zero attached hydrogens (tertiary/aromatic N) is 1. The van der Waals surface area contributed by atoms with E-state index in [0.29, 0.717) is 28.8 Å². The number of amides is 1. The average Bonchev–Trinajstić information content (AvgIpc) is 2.38. The molecule has 1 N–H and O–H groups in total. The smallest absolute Gasteiger partial charge is 0.262 e. The SMILES string of the molecule is COCCNC(=O)/C(C#N)=C\c1c(Cl)cccc1Cl. The van der Waals surface area contributed by atoms with Crippen molar-refractivity contribution in [2.75, 3.05) is 20.3 Å². The van der Waals surface area contributed by atoms with Crippen molar-refractivity contribution in [2.24, 2.45) is 0 Å². The third-order valence-electron chi connectivity index (χ3n) is 2.25. The monoisotopic (exact) mass is 298 g/mol. The fourth-order valence-electron chi connectivity index (χ4n) is 1.30. The Bertz CT molecular complexity index is 516. The molecule has 6 heteroatoms. The summed E-state index contributed by atoms with van der Waals surface area (Å²) in [5, 5.41) is 12.3. The van der Waals surface area contributed by atoms with Gasteiger partial charge in [0.2, 0.25) is 0 Å². The molecule has 0 unspecified atom stereocenters. The number of carbonyl (C=O) groups is 1. The number of hydrogen-bond acceptors (Lipinski definition) is 3.